The van der Waals surface area contributed by atoms with E-state index in [9.17, 15) is 4.79 Å². The molecule has 0 aliphatic carbocycles. The molecule has 0 heterocycles. The number of benzene rings is 2. The van der Waals surface area contributed by atoms with Crippen molar-refractivity contribution >= 4 is 11.7 Å². The monoisotopic (exact) mass is 285 g/mol. The number of carbonyl (C=O) groups is 1. The summed E-state index contributed by atoms with van der Waals surface area (Å²) in [6.45, 7) is 2.86. The lowest BCUT2D eigenvalue weighted by molar-refractivity contribution is 0.0526. The van der Waals surface area contributed by atoms with Crippen molar-refractivity contribution in [1.29, 1.82) is 0 Å². The number of esters is 1. The number of hydrogen-bond acceptors (Lipinski definition) is 4. The first-order valence-electron chi connectivity index (χ1n) is 6.92. The molecule has 0 atom stereocenters. The van der Waals surface area contributed by atoms with Gasteiger partial charge in [-0.3, -0.25) is 0 Å². The Balaban J connectivity index is 1.99. The zero-order chi connectivity index (χ0) is 15.1. The van der Waals surface area contributed by atoms with Crippen LogP contribution in [0.5, 0.6) is 0 Å². The highest BCUT2D eigenvalue weighted by Gasteiger charge is 2.06. The van der Waals surface area contributed by atoms with E-state index >= 15 is 0 Å². The largest absolute Gasteiger partial charge is 0.462 e. The van der Waals surface area contributed by atoms with Gasteiger partial charge in [0.05, 0.1) is 18.8 Å². The average Bonchev–Trinajstić information content (AvgIpc) is 2.54. The average molecular weight is 285 g/mol. The molecule has 110 valence electrons. The summed E-state index contributed by atoms with van der Waals surface area (Å²) in [7, 11) is 0. The maximum absolute atomic E-state index is 11.7. The molecular weight excluding hydrogens is 266 g/mol. The Hall–Kier alpha value is -2.33. The second kappa shape index (κ2) is 7.45. The molecule has 2 N–H and O–H groups in total. The van der Waals surface area contributed by atoms with Crippen LogP contribution < -0.4 is 5.32 Å². The smallest absolute Gasteiger partial charge is 0.338 e. The third kappa shape index (κ3) is 4.33. The van der Waals surface area contributed by atoms with E-state index in [0.29, 0.717) is 18.7 Å². The van der Waals surface area contributed by atoms with Crippen LogP contribution in [-0.4, -0.2) is 17.7 Å². The first kappa shape index (κ1) is 15.1. The highest BCUT2D eigenvalue weighted by molar-refractivity contribution is 5.90. The molecule has 0 aliphatic rings. The lowest BCUT2D eigenvalue weighted by Gasteiger charge is -2.09. The number of ether oxygens (including phenoxy) is 1. The summed E-state index contributed by atoms with van der Waals surface area (Å²) in [4.78, 5) is 11.7. The Labute approximate surface area is 124 Å². The zero-order valence-electron chi connectivity index (χ0n) is 12.0. The van der Waals surface area contributed by atoms with Gasteiger partial charge in [0, 0.05) is 12.2 Å². The van der Waals surface area contributed by atoms with Gasteiger partial charge in [-0.25, -0.2) is 4.79 Å². The predicted octanol–water partition coefficient (Wildman–Crippen LogP) is 2.97. The Kier molecular flexibility index (Phi) is 5.35. The second-order valence-electron chi connectivity index (χ2n) is 4.63. The molecule has 4 nitrogen and oxygen atoms in total. The van der Waals surface area contributed by atoms with E-state index in [2.05, 4.69) is 5.32 Å². The van der Waals surface area contributed by atoms with Crippen molar-refractivity contribution in [2.45, 2.75) is 20.1 Å². The SMILES string of the molecule is CCOC(=O)c1cccc(NCc2ccc(CO)cc2)c1. The lowest BCUT2D eigenvalue weighted by atomic mass is 10.1. The van der Waals surface area contributed by atoms with E-state index in [1.54, 1.807) is 19.1 Å². The summed E-state index contributed by atoms with van der Waals surface area (Å²) < 4.78 is 4.98. The van der Waals surface area contributed by atoms with E-state index in [0.717, 1.165) is 16.8 Å². The van der Waals surface area contributed by atoms with E-state index in [1.165, 1.54) is 0 Å². The highest BCUT2D eigenvalue weighted by atomic mass is 16.5. The van der Waals surface area contributed by atoms with Gasteiger partial charge in [-0.15, -0.1) is 0 Å². The summed E-state index contributed by atoms with van der Waals surface area (Å²) in [5.41, 5.74) is 3.40. The van der Waals surface area contributed by atoms with Crippen LogP contribution in [0, 0.1) is 0 Å². The van der Waals surface area contributed by atoms with Gasteiger partial charge >= 0.3 is 5.97 Å². The standard InChI is InChI=1S/C17H19NO3/c1-2-21-17(20)15-4-3-5-16(10-15)18-11-13-6-8-14(12-19)9-7-13/h3-10,18-19H,2,11-12H2,1H3. The van der Waals surface area contributed by atoms with Gasteiger partial charge in [0.1, 0.15) is 0 Å². The van der Waals surface area contributed by atoms with Crippen LogP contribution in [0.1, 0.15) is 28.4 Å². The van der Waals surface area contributed by atoms with Gasteiger partial charge in [-0.1, -0.05) is 30.3 Å². The van der Waals surface area contributed by atoms with Crippen molar-refractivity contribution in [3.8, 4) is 0 Å². The molecule has 0 radical (unpaired) electrons. The Morgan fingerprint density at radius 1 is 1.14 bits per heavy atom. The minimum Gasteiger partial charge on any atom is -0.462 e. The molecule has 0 aliphatic heterocycles. The highest BCUT2D eigenvalue weighted by Crippen LogP contribution is 2.13. The van der Waals surface area contributed by atoms with Crippen LogP contribution in [0.15, 0.2) is 48.5 Å². The van der Waals surface area contributed by atoms with E-state index in [4.69, 9.17) is 9.84 Å². The zero-order valence-corrected chi connectivity index (χ0v) is 12.0. The maximum Gasteiger partial charge on any atom is 0.338 e. The molecule has 2 rings (SSSR count). The van der Waals surface area contributed by atoms with Crippen molar-refractivity contribution in [2.24, 2.45) is 0 Å². The van der Waals surface area contributed by atoms with E-state index in [-0.39, 0.29) is 12.6 Å². The third-order valence-electron chi connectivity index (χ3n) is 3.08. The molecule has 0 saturated carbocycles. The van der Waals surface area contributed by atoms with Crippen LogP contribution in [0.2, 0.25) is 0 Å². The van der Waals surface area contributed by atoms with Gasteiger partial charge in [0.15, 0.2) is 0 Å². The number of aliphatic hydroxyl groups excluding tert-OH is 1. The Morgan fingerprint density at radius 3 is 2.52 bits per heavy atom. The second-order valence-corrected chi connectivity index (χ2v) is 4.63. The summed E-state index contributed by atoms with van der Waals surface area (Å²) in [5.74, 6) is -0.312. The van der Waals surface area contributed by atoms with Crippen LogP contribution in [-0.2, 0) is 17.9 Å². The predicted molar refractivity (Wildman–Crippen MR) is 82.1 cm³/mol. The van der Waals surface area contributed by atoms with Gasteiger partial charge in [0.25, 0.3) is 0 Å². The molecule has 0 spiro atoms. The van der Waals surface area contributed by atoms with Crippen LogP contribution >= 0.6 is 0 Å². The summed E-state index contributed by atoms with van der Waals surface area (Å²) >= 11 is 0. The van der Waals surface area contributed by atoms with Crippen LogP contribution in [0.3, 0.4) is 0 Å². The molecule has 0 unspecified atom stereocenters. The summed E-state index contributed by atoms with van der Waals surface area (Å²) in [5, 5.41) is 12.3. The van der Waals surface area contributed by atoms with Crippen molar-refractivity contribution in [3.63, 3.8) is 0 Å². The van der Waals surface area contributed by atoms with Gasteiger partial charge in [-0.2, -0.15) is 0 Å². The molecule has 0 amide bonds. The van der Waals surface area contributed by atoms with E-state index in [1.807, 2.05) is 36.4 Å². The van der Waals surface area contributed by atoms with Crippen molar-refractivity contribution in [1.82, 2.24) is 0 Å². The van der Waals surface area contributed by atoms with Crippen molar-refractivity contribution in [3.05, 3.63) is 65.2 Å². The molecule has 4 heteroatoms. The Morgan fingerprint density at radius 2 is 1.86 bits per heavy atom. The molecule has 0 fully saturated rings. The lowest BCUT2D eigenvalue weighted by Crippen LogP contribution is -2.06. The fourth-order valence-electron chi connectivity index (χ4n) is 1.94. The first-order valence-corrected chi connectivity index (χ1v) is 6.92. The fourth-order valence-corrected chi connectivity index (χ4v) is 1.94. The quantitative estimate of drug-likeness (QED) is 0.801. The van der Waals surface area contributed by atoms with Gasteiger partial charge in [-0.05, 0) is 36.2 Å². The normalized spacial score (nSPS) is 10.2. The molecule has 0 bridgehead atoms. The Bertz CT molecular complexity index is 593. The summed E-state index contributed by atoms with van der Waals surface area (Å²) in [6, 6.07) is 15.0. The third-order valence-corrected chi connectivity index (χ3v) is 3.08. The van der Waals surface area contributed by atoms with Gasteiger partial charge < -0.3 is 15.2 Å². The van der Waals surface area contributed by atoms with Crippen molar-refractivity contribution in [2.75, 3.05) is 11.9 Å². The van der Waals surface area contributed by atoms with Crippen LogP contribution in [0.25, 0.3) is 0 Å². The molecule has 2 aromatic rings. The summed E-state index contributed by atoms with van der Waals surface area (Å²) in [6.07, 6.45) is 0. The van der Waals surface area contributed by atoms with Gasteiger partial charge in [0.2, 0.25) is 0 Å². The minimum absolute atomic E-state index is 0.0509. The number of anilines is 1. The molecule has 21 heavy (non-hydrogen) atoms. The fraction of sp³-hybridized carbons (Fsp3) is 0.235. The van der Waals surface area contributed by atoms with Crippen molar-refractivity contribution < 1.29 is 14.6 Å². The number of rotatable bonds is 6. The van der Waals surface area contributed by atoms with Crippen LogP contribution in [0.4, 0.5) is 5.69 Å². The minimum atomic E-state index is -0.312. The topological polar surface area (TPSA) is 58.6 Å². The number of aliphatic hydroxyl groups is 1. The molecule has 0 saturated heterocycles. The molecule has 0 aromatic heterocycles. The number of carbonyl (C=O) groups excluding carboxylic acids is 1. The number of hydrogen-bond donors (Lipinski definition) is 2. The molecular formula is C17H19NO3. The molecule has 2 aromatic carbocycles. The number of nitrogens with one attached hydrogen (secondary N) is 1. The van der Waals surface area contributed by atoms with E-state index < -0.39 is 0 Å². The maximum atomic E-state index is 11.7. The first-order chi connectivity index (χ1) is 10.2.